The number of hydrogen-bond donors (Lipinski definition) is 1. The lowest BCUT2D eigenvalue weighted by Gasteiger charge is -2.21. The van der Waals surface area contributed by atoms with Crippen LogP contribution in [0.3, 0.4) is 0 Å². The first-order valence-corrected chi connectivity index (χ1v) is 6.34. The van der Waals surface area contributed by atoms with Crippen molar-refractivity contribution in [2.75, 3.05) is 18.0 Å². The first-order valence-electron chi connectivity index (χ1n) is 6.34. The maximum absolute atomic E-state index is 12.6. The number of fused-ring (bicyclic) bond motifs is 1. The molecule has 1 N–H and O–H groups in total. The van der Waals surface area contributed by atoms with Gasteiger partial charge >= 0.3 is 0 Å². The number of anilines is 1. The molecule has 2 aromatic rings. The van der Waals surface area contributed by atoms with Crippen LogP contribution in [0.15, 0.2) is 36.8 Å². The highest BCUT2D eigenvalue weighted by atomic mass is 16.2. The highest BCUT2D eigenvalue weighted by Crippen LogP contribution is 2.23. The first kappa shape index (κ1) is 11.9. The van der Waals surface area contributed by atoms with E-state index in [9.17, 15) is 4.79 Å². The molecule has 5 heteroatoms. The third-order valence-electron chi connectivity index (χ3n) is 3.28. The summed E-state index contributed by atoms with van der Waals surface area (Å²) in [7, 11) is 1.86. The van der Waals surface area contributed by atoms with E-state index in [-0.39, 0.29) is 5.91 Å². The van der Waals surface area contributed by atoms with E-state index in [0.717, 1.165) is 24.3 Å². The van der Waals surface area contributed by atoms with E-state index in [4.69, 9.17) is 0 Å². The number of carbonyl (C=O) groups excluding carboxylic acids is 1. The summed E-state index contributed by atoms with van der Waals surface area (Å²) in [5.74, 6) is -0.0447. The van der Waals surface area contributed by atoms with Gasteiger partial charge in [-0.3, -0.25) is 4.79 Å². The molecule has 2 heterocycles. The van der Waals surface area contributed by atoms with Gasteiger partial charge in [-0.1, -0.05) is 18.2 Å². The van der Waals surface area contributed by atoms with Gasteiger partial charge in [0.1, 0.15) is 5.69 Å². The number of hydrogen-bond acceptors (Lipinski definition) is 3. The smallest absolute Gasteiger partial charge is 0.278 e. The molecular weight excluding hydrogens is 240 g/mol. The Hall–Kier alpha value is -2.14. The topological polar surface area (TPSA) is 50.2 Å². The maximum Gasteiger partial charge on any atom is 0.278 e. The Bertz CT molecular complexity index is 605. The Morgan fingerprint density at radius 3 is 3.00 bits per heavy atom. The van der Waals surface area contributed by atoms with Crippen LogP contribution >= 0.6 is 0 Å². The van der Waals surface area contributed by atoms with Gasteiger partial charge < -0.3 is 14.8 Å². The predicted molar refractivity (Wildman–Crippen MR) is 73.0 cm³/mol. The molecule has 3 rings (SSSR count). The number of nitrogens with one attached hydrogen (secondary N) is 1. The summed E-state index contributed by atoms with van der Waals surface area (Å²) < 4.78 is 1.79. The number of nitrogens with zero attached hydrogens (tertiary/aromatic N) is 3. The summed E-state index contributed by atoms with van der Waals surface area (Å²) in [5, 5.41) is 3.33. The molecule has 0 spiro atoms. The molecule has 0 bridgehead atoms. The minimum Gasteiger partial charge on any atom is -0.340 e. The lowest BCUT2D eigenvalue weighted by Crippen LogP contribution is -2.34. The third kappa shape index (κ3) is 2.24. The van der Waals surface area contributed by atoms with Gasteiger partial charge in [-0.15, -0.1) is 0 Å². The summed E-state index contributed by atoms with van der Waals surface area (Å²) in [5.41, 5.74) is 2.60. The van der Waals surface area contributed by atoms with Crippen molar-refractivity contribution >= 4 is 11.6 Å². The van der Waals surface area contributed by atoms with E-state index in [1.54, 1.807) is 22.0 Å². The quantitative estimate of drug-likeness (QED) is 0.833. The second-order valence-corrected chi connectivity index (χ2v) is 4.69. The van der Waals surface area contributed by atoms with E-state index >= 15 is 0 Å². The monoisotopic (exact) mass is 256 g/mol. The zero-order valence-corrected chi connectivity index (χ0v) is 10.8. The van der Waals surface area contributed by atoms with E-state index < -0.39 is 0 Å². The second-order valence-electron chi connectivity index (χ2n) is 4.69. The van der Waals surface area contributed by atoms with Crippen molar-refractivity contribution < 1.29 is 4.79 Å². The summed E-state index contributed by atoms with van der Waals surface area (Å²) in [6, 6.07) is 7.99. The van der Waals surface area contributed by atoms with Crippen molar-refractivity contribution in [2.24, 2.45) is 7.05 Å². The van der Waals surface area contributed by atoms with Crippen LogP contribution in [0, 0.1) is 0 Å². The zero-order chi connectivity index (χ0) is 13.2. The SMILES string of the molecule is Cn1cnc(C(=O)N2CCNCc3ccccc32)c1. The first-order chi connectivity index (χ1) is 9.25. The van der Waals surface area contributed by atoms with Gasteiger partial charge in [-0.2, -0.15) is 0 Å². The number of aromatic nitrogens is 2. The number of imidazole rings is 1. The largest absolute Gasteiger partial charge is 0.340 e. The van der Waals surface area contributed by atoms with E-state index in [2.05, 4.69) is 10.3 Å². The summed E-state index contributed by atoms with van der Waals surface area (Å²) in [4.78, 5) is 18.5. The number of amides is 1. The van der Waals surface area contributed by atoms with Gasteiger partial charge in [0.2, 0.25) is 0 Å². The van der Waals surface area contributed by atoms with Crippen molar-refractivity contribution in [1.29, 1.82) is 0 Å². The molecule has 0 fully saturated rings. The standard InChI is InChI=1S/C14H16N4O/c1-17-9-12(16-10-17)14(19)18-7-6-15-8-11-4-2-3-5-13(11)18/h2-5,9-10,15H,6-8H2,1H3. The van der Waals surface area contributed by atoms with Crippen LogP contribution in [-0.2, 0) is 13.6 Å². The van der Waals surface area contributed by atoms with Crippen LogP contribution < -0.4 is 10.2 Å². The number of para-hydroxylation sites is 1. The Morgan fingerprint density at radius 2 is 2.21 bits per heavy atom. The van der Waals surface area contributed by atoms with Crippen LogP contribution in [0.4, 0.5) is 5.69 Å². The van der Waals surface area contributed by atoms with Crippen molar-refractivity contribution in [3.63, 3.8) is 0 Å². The van der Waals surface area contributed by atoms with Crippen molar-refractivity contribution in [1.82, 2.24) is 14.9 Å². The predicted octanol–water partition coefficient (Wildman–Crippen LogP) is 1.17. The summed E-state index contributed by atoms with van der Waals surface area (Å²) in [6.45, 7) is 2.24. The van der Waals surface area contributed by atoms with Gasteiger partial charge in [0.25, 0.3) is 5.91 Å². The Labute approximate surface area is 111 Å². The van der Waals surface area contributed by atoms with Gasteiger partial charge in [-0.25, -0.2) is 4.98 Å². The number of rotatable bonds is 1. The van der Waals surface area contributed by atoms with Crippen molar-refractivity contribution in [3.8, 4) is 0 Å². The van der Waals surface area contributed by atoms with Gasteiger partial charge in [-0.05, 0) is 11.6 Å². The minimum atomic E-state index is -0.0447. The van der Waals surface area contributed by atoms with Crippen LogP contribution in [0.1, 0.15) is 16.1 Å². The Kier molecular flexibility index (Phi) is 3.05. The van der Waals surface area contributed by atoms with Crippen LogP contribution in [-0.4, -0.2) is 28.5 Å². The van der Waals surface area contributed by atoms with Gasteiger partial charge in [0.05, 0.1) is 6.33 Å². The minimum absolute atomic E-state index is 0.0447. The zero-order valence-electron chi connectivity index (χ0n) is 10.8. The summed E-state index contributed by atoms with van der Waals surface area (Å²) in [6.07, 6.45) is 3.40. The molecule has 1 aliphatic heterocycles. The highest BCUT2D eigenvalue weighted by Gasteiger charge is 2.23. The molecular formula is C14H16N4O. The molecule has 0 atom stereocenters. The van der Waals surface area contributed by atoms with Crippen LogP contribution in [0.5, 0.6) is 0 Å². The maximum atomic E-state index is 12.6. The molecule has 0 saturated heterocycles. The molecule has 1 amide bonds. The normalized spacial score (nSPS) is 14.9. The second kappa shape index (κ2) is 4.85. The third-order valence-corrected chi connectivity index (χ3v) is 3.28. The van der Waals surface area contributed by atoms with E-state index in [0.29, 0.717) is 12.2 Å². The molecule has 1 aromatic carbocycles. The van der Waals surface area contributed by atoms with E-state index in [1.807, 2.05) is 31.3 Å². The van der Waals surface area contributed by atoms with Crippen molar-refractivity contribution in [2.45, 2.75) is 6.54 Å². The number of carbonyl (C=O) groups is 1. The van der Waals surface area contributed by atoms with Gasteiger partial charge in [0.15, 0.2) is 0 Å². The van der Waals surface area contributed by atoms with Crippen molar-refractivity contribution in [3.05, 3.63) is 48.0 Å². The molecule has 19 heavy (non-hydrogen) atoms. The number of benzene rings is 1. The van der Waals surface area contributed by atoms with Gasteiger partial charge in [0, 0.05) is 38.6 Å². The number of aryl methyl sites for hydroxylation is 1. The molecule has 5 nitrogen and oxygen atoms in total. The molecule has 0 saturated carbocycles. The summed E-state index contributed by atoms with van der Waals surface area (Å²) >= 11 is 0. The fourth-order valence-electron chi connectivity index (χ4n) is 2.33. The lowest BCUT2D eigenvalue weighted by molar-refractivity contribution is 0.0983. The molecule has 1 aliphatic rings. The molecule has 1 aromatic heterocycles. The molecule has 0 aliphatic carbocycles. The average Bonchev–Trinajstić information content (AvgIpc) is 2.74. The van der Waals surface area contributed by atoms with E-state index in [1.165, 1.54) is 0 Å². The Balaban J connectivity index is 1.98. The van der Waals surface area contributed by atoms with Crippen LogP contribution in [0.2, 0.25) is 0 Å². The molecule has 98 valence electrons. The van der Waals surface area contributed by atoms with Crippen LogP contribution in [0.25, 0.3) is 0 Å². The lowest BCUT2D eigenvalue weighted by atomic mass is 10.1. The Morgan fingerprint density at radius 1 is 1.37 bits per heavy atom. The molecule has 0 unspecified atom stereocenters. The molecule has 0 radical (unpaired) electrons. The highest BCUT2D eigenvalue weighted by molar-refractivity contribution is 6.05. The fourth-order valence-corrected chi connectivity index (χ4v) is 2.33. The average molecular weight is 256 g/mol. The fraction of sp³-hybridized carbons (Fsp3) is 0.286.